The lowest BCUT2D eigenvalue weighted by Crippen LogP contribution is -2.54. The topological polar surface area (TPSA) is 46.3 Å². The largest absolute Gasteiger partial charge is 0.342 e. The monoisotopic (exact) mass is 236 g/mol. The maximum Gasteiger partial charge on any atom is 0.230 e. The fourth-order valence-electron chi connectivity index (χ4n) is 4.44. The molecule has 2 saturated carbocycles. The number of hydrogen-bond acceptors (Lipinski definition) is 2. The van der Waals surface area contributed by atoms with Gasteiger partial charge in [-0.15, -0.1) is 0 Å². The summed E-state index contributed by atoms with van der Waals surface area (Å²) in [5.74, 6) is 2.65. The molecule has 2 atom stereocenters. The second-order valence-electron chi connectivity index (χ2n) is 6.66. The molecule has 1 saturated heterocycles. The van der Waals surface area contributed by atoms with Crippen molar-refractivity contribution in [1.29, 1.82) is 0 Å². The fraction of sp³-hybridized carbons (Fsp3) is 0.929. The summed E-state index contributed by atoms with van der Waals surface area (Å²) in [6, 6.07) is 0. The zero-order valence-electron chi connectivity index (χ0n) is 10.8. The molecule has 0 aromatic heterocycles. The lowest BCUT2D eigenvalue weighted by molar-refractivity contribution is -0.148. The van der Waals surface area contributed by atoms with Gasteiger partial charge in [0.1, 0.15) is 0 Å². The number of carbonyl (C=O) groups is 1. The minimum Gasteiger partial charge on any atom is -0.342 e. The van der Waals surface area contributed by atoms with Crippen LogP contribution >= 0.6 is 0 Å². The van der Waals surface area contributed by atoms with Gasteiger partial charge in [-0.2, -0.15) is 0 Å². The highest BCUT2D eigenvalue weighted by molar-refractivity contribution is 5.84. The molecule has 3 rings (SSSR count). The number of amides is 1. The Labute approximate surface area is 104 Å². The van der Waals surface area contributed by atoms with Crippen LogP contribution in [0.4, 0.5) is 0 Å². The van der Waals surface area contributed by atoms with Crippen LogP contribution in [0.15, 0.2) is 0 Å². The number of rotatable bonds is 2. The Morgan fingerprint density at radius 1 is 1.29 bits per heavy atom. The molecule has 1 heterocycles. The Kier molecular flexibility index (Phi) is 2.69. The highest BCUT2D eigenvalue weighted by Crippen LogP contribution is 2.48. The Morgan fingerprint density at radius 3 is 2.35 bits per heavy atom. The average molecular weight is 236 g/mol. The van der Waals surface area contributed by atoms with Crippen molar-refractivity contribution < 1.29 is 4.79 Å². The van der Waals surface area contributed by atoms with Crippen LogP contribution in [-0.2, 0) is 4.79 Å². The summed E-state index contributed by atoms with van der Waals surface area (Å²) in [5.41, 5.74) is 5.69. The molecule has 1 aliphatic heterocycles. The molecule has 3 nitrogen and oxygen atoms in total. The average Bonchev–Trinajstić information content (AvgIpc) is 2.83. The predicted octanol–water partition coefficient (Wildman–Crippen LogP) is 1.62. The fourth-order valence-corrected chi connectivity index (χ4v) is 4.44. The third kappa shape index (κ3) is 1.70. The van der Waals surface area contributed by atoms with Gasteiger partial charge in [-0.1, -0.05) is 13.3 Å². The van der Waals surface area contributed by atoms with E-state index in [-0.39, 0.29) is 5.41 Å². The number of nitrogens with zero attached hydrogens (tertiary/aromatic N) is 1. The first kappa shape index (κ1) is 11.5. The standard InChI is InChI=1S/C14H24N2O/c1-10-5-14(6-10,9-15)13(17)16-7-11-3-2-4-12(11)8-16/h10-12H,2-9,15H2,1H3. The number of likely N-dealkylation sites (tertiary alicyclic amines) is 1. The Hall–Kier alpha value is -0.570. The van der Waals surface area contributed by atoms with E-state index in [0.717, 1.165) is 37.8 Å². The van der Waals surface area contributed by atoms with E-state index in [4.69, 9.17) is 5.73 Å². The molecular weight excluding hydrogens is 212 g/mol. The minimum atomic E-state index is -0.182. The van der Waals surface area contributed by atoms with Crippen molar-refractivity contribution in [1.82, 2.24) is 4.90 Å². The Balaban J connectivity index is 1.67. The van der Waals surface area contributed by atoms with Crippen LogP contribution in [0.25, 0.3) is 0 Å². The molecule has 3 fully saturated rings. The van der Waals surface area contributed by atoms with Crippen LogP contribution in [0, 0.1) is 23.2 Å². The molecule has 96 valence electrons. The van der Waals surface area contributed by atoms with Crippen LogP contribution < -0.4 is 5.73 Å². The molecule has 2 aliphatic carbocycles. The van der Waals surface area contributed by atoms with Gasteiger partial charge in [0.25, 0.3) is 0 Å². The van der Waals surface area contributed by atoms with Gasteiger partial charge in [-0.05, 0) is 43.4 Å². The van der Waals surface area contributed by atoms with Crippen molar-refractivity contribution in [2.75, 3.05) is 19.6 Å². The van der Waals surface area contributed by atoms with E-state index in [9.17, 15) is 4.79 Å². The van der Waals surface area contributed by atoms with Crippen molar-refractivity contribution >= 4 is 5.91 Å². The van der Waals surface area contributed by atoms with Gasteiger partial charge in [0.15, 0.2) is 0 Å². The molecule has 3 aliphatic rings. The van der Waals surface area contributed by atoms with E-state index in [0.29, 0.717) is 18.4 Å². The minimum absolute atomic E-state index is 0.182. The third-order valence-corrected chi connectivity index (χ3v) is 5.34. The van der Waals surface area contributed by atoms with Gasteiger partial charge in [0, 0.05) is 19.6 Å². The quantitative estimate of drug-likeness (QED) is 0.792. The molecule has 0 bridgehead atoms. The number of nitrogens with two attached hydrogens (primary N) is 1. The van der Waals surface area contributed by atoms with Crippen molar-refractivity contribution in [3.05, 3.63) is 0 Å². The highest BCUT2D eigenvalue weighted by Gasteiger charge is 2.51. The summed E-state index contributed by atoms with van der Waals surface area (Å²) in [7, 11) is 0. The molecule has 17 heavy (non-hydrogen) atoms. The summed E-state index contributed by atoms with van der Waals surface area (Å²) >= 11 is 0. The summed E-state index contributed by atoms with van der Waals surface area (Å²) in [4.78, 5) is 14.7. The predicted molar refractivity (Wildman–Crippen MR) is 67.3 cm³/mol. The van der Waals surface area contributed by atoms with E-state index >= 15 is 0 Å². The summed E-state index contributed by atoms with van der Waals surface area (Å²) in [6.07, 6.45) is 6.06. The normalized spacial score (nSPS) is 44.6. The maximum atomic E-state index is 12.6. The maximum absolute atomic E-state index is 12.6. The van der Waals surface area contributed by atoms with Gasteiger partial charge < -0.3 is 10.6 Å². The summed E-state index contributed by atoms with van der Waals surface area (Å²) in [6.45, 7) is 4.79. The van der Waals surface area contributed by atoms with Gasteiger partial charge >= 0.3 is 0 Å². The van der Waals surface area contributed by atoms with E-state index in [1.807, 2.05) is 0 Å². The molecule has 0 spiro atoms. The van der Waals surface area contributed by atoms with Gasteiger partial charge in [-0.3, -0.25) is 4.79 Å². The second kappa shape index (κ2) is 3.98. The van der Waals surface area contributed by atoms with Crippen LogP contribution in [-0.4, -0.2) is 30.4 Å². The molecule has 0 radical (unpaired) electrons. The zero-order chi connectivity index (χ0) is 12.0. The highest BCUT2D eigenvalue weighted by atomic mass is 16.2. The van der Waals surface area contributed by atoms with Gasteiger partial charge in [-0.25, -0.2) is 0 Å². The number of carbonyl (C=O) groups excluding carboxylic acids is 1. The lowest BCUT2D eigenvalue weighted by atomic mass is 9.62. The second-order valence-corrected chi connectivity index (χ2v) is 6.66. The molecule has 1 amide bonds. The SMILES string of the molecule is CC1CC(CN)(C(=O)N2CC3CCCC3C2)C1. The van der Waals surface area contributed by atoms with Crippen LogP contribution in [0.1, 0.15) is 39.0 Å². The van der Waals surface area contributed by atoms with E-state index in [1.165, 1.54) is 19.3 Å². The first-order valence-corrected chi connectivity index (χ1v) is 7.14. The van der Waals surface area contributed by atoms with E-state index in [1.54, 1.807) is 0 Å². The van der Waals surface area contributed by atoms with Crippen LogP contribution in [0.5, 0.6) is 0 Å². The molecule has 0 aromatic rings. The third-order valence-electron chi connectivity index (χ3n) is 5.34. The zero-order valence-corrected chi connectivity index (χ0v) is 10.8. The van der Waals surface area contributed by atoms with Gasteiger partial charge in [0.05, 0.1) is 5.41 Å². The van der Waals surface area contributed by atoms with Crippen molar-refractivity contribution in [3.63, 3.8) is 0 Å². The van der Waals surface area contributed by atoms with Crippen LogP contribution in [0.2, 0.25) is 0 Å². The van der Waals surface area contributed by atoms with Gasteiger partial charge in [0.2, 0.25) is 5.91 Å². The molecular formula is C14H24N2O. The smallest absolute Gasteiger partial charge is 0.230 e. The first-order chi connectivity index (χ1) is 8.14. The van der Waals surface area contributed by atoms with E-state index in [2.05, 4.69) is 11.8 Å². The summed E-state index contributed by atoms with van der Waals surface area (Å²) < 4.78 is 0. The Bertz CT molecular complexity index is 310. The summed E-state index contributed by atoms with van der Waals surface area (Å²) in [5, 5.41) is 0. The molecule has 3 heteroatoms. The van der Waals surface area contributed by atoms with Crippen LogP contribution in [0.3, 0.4) is 0 Å². The molecule has 0 aromatic carbocycles. The van der Waals surface area contributed by atoms with Crippen molar-refractivity contribution in [2.24, 2.45) is 28.9 Å². The first-order valence-electron chi connectivity index (χ1n) is 7.14. The molecule has 2 unspecified atom stereocenters. The lowest BCUT2D eigenvalue weighted by Gasteiger charge is -2.46. The van der Waals surface area contributed by atoms with Crippen molar-refractivity contribution in [3.8, 4) is 0 Å². The Morgan fingerprint density at radius 2 is 1.88 bits per heavy atom. The molecule has 2 N–H and O–H groups in total. The number of hydrogen-bond donors (Lipinski definition) is 1. The van der Waals surface area contributed by atoms with E-state index < -0.39 is 0 Å². The van der Waals surface area contributed by atoms with Crippen molar-refractivity contribution in [2.45, 2.75) is 39.0 Å². The number of fused-ring (bicyclic) bond motifs is 1.